The molecule has 1 rings (SSSR count). The first kappa shape index (κ1) is 11.3. The highest BCUT2D eigenvalue weighted by atomic mass is 16.3. The summed E-state index contributed by atoms with van der Waals surface area (Å²) in [7, 11) is 0. The molecule has 1 aromatic carbocycles. The minimum absolute atomic E-state index is 0.0295. The fourth-order valence-electron chi connectivity index (χ4n) is 1.18. The van der Waals surface area contributed by atoms with Gasteiger partial charge in [0.05, 0.1) is 0 Å². The SMILES string of the molecule is C=CCCC(=O)NCc1ccccc1O. The summed E-state index contributed by atoms with van der Waals surface area (Å²) in [4.78, 5) is 11.2. The Morgan fingerprint density at radius 3 is 2.87 bits per heavy atom. The largest absolute Gasteiger partial charge is 0.508 e. The highest BCUT2D eigenvalue weighted by Crippen LogP contribution is 2.14. The number of phenolic OH excluding ortho intramolecular Hbond substituents is 1. The number of carbonyl (C=O) groups excluding carboxylic acids is 1. The standard InChI is InChI=1S/C12H15NO2/c1-2-3-8-12(15)13-9-10-6-4-5-7-11(10)14/h2,4-7,14H,1,3,8-9H2,(H,13,15). The van der Waals surface area contributed by atoms with Crippen LogP contribution in [0.25, 0.3) is 0 Å². The van der Waals surface area contributed by atoms with Gasteiger partial charge in [-0.25, -0.2) is 0 Å². The number of carbonyl (C=O) groups is 1. The lowest BCUT2D eigenvalue weighted by atomic mass is 10.2. The van der Waals surface area contributed by atoms with Crippen molar-refractivity contribution in [1.82, 2.24) is 5.32 Å². The van der Waals surface area contributed by atoms with Gasteiger partial charge in [0.25, 0.3) is 0 Å². The summed E-state index contributed by atoms with van der Waals surface area (Å²) in [5.74, 6) is 0.180. The van der Waals surface area contributed by atoms with Crippen molar-refractivity contribution in [1.29, 1.82) is 0 Å². The van der Waals surface area contributed by atoms with Crippen LogP contribution in [0, 0.1) is 0 Å². The van der Waals surface area contributed by atoms with Gasteiger partial charge in [0.1, 0.15) is 5.75 Å². The molecule has 0 saturated heterocycles. The van der Waals surface area contributed by atoms with Gasteiger partial charge in [0.15, 0.2) is 0 Å². The van der Waals surface area contributed by atoms with Crippen molar-refractivity contribution in [2.24, 2.45) is 0 Å². The number of benzene rings is 1. The zero-order valence-corrected chi connectivity index (χ0v) is 8.57. The third-order valence-electron chi connectivity index (χ3n) is 2.04. The summed E-state index contributed by atoms with van der Waals surface area (Å²) in [6.07, 6.45) is 2.82. The lowest BCUT2D eigenvalue weighted by Crippen LogP contribution is -2.22. The van der Waals surface area contributed by atoms with Gasteiger partial charge >= 0.3 is 0 Å². The molecule has 0 atom stereocenters. The molecule has 0 radical (unpaired) electrons. The Bertz CT molecular complexity index is 347. The van der Waals surface area contributed by atoms with Crippen LogP contribution in [0.4, 0.5) is 0 Å². The maximum atomic E-state index is 11.2. The summed E-state index contributed by atoms with van der Waals surface area (Å²) in [5, 5.41) is 12.2. The lowest BCUT2D eigenvalue weighted by Gasteiger charge is -2.05. The van der Waals surface area contributed by atoms with Crippen molar-refractivity contribution in [2.45, 2.75) is 19.4 Å². The molecule has 80 valence electrons. The van der Waals surface area contributed by atoms with Gasteiger partial charge in [-0.15, -0.1) is 6.58 Å². The maximum Gasteiger partial charge on any atom is 0.220 e. The molecule has 0 aliphatic carbocycles. The number of nitrogens with one attached hydrogen (secondary N) is 1. The third kappa shape index (κ3) is 3.85. The van der Waals surface area contributed by atoms with E-state index >= 15 is 0 Å². The van der Waals surface area contributed by atoms with Crippen LogP contribution in [0.2, 0.25) is 0 Å². The van der Waals surface area contributed by atoms with E-state index in [-0.39, 0.29) is 11.7 Å². The van der Waals surface area contributed by atoms with Crippen LogP contribution < -0.4 is 5.32 Å². The van der Waals surface area contributed by atoms with Gasteiger partial charge in [0.2, 0.25) is 5.91 Å². The summed E-state index contributed by atoms with van der Waals surface area (Å²) in [6.45, 7) is 3.91. The Balaban J connectivity index is 2.40. The molecule has 0 aromatic heterocycles. The third-order valence-corrected chi connectivity index (χ3v) is 2.04. The summed E-state index contributed by atoms with van der Waals surface area (Å²) >= 11 is 0. The van der Waals surface area contributed by atoms with Crippen molar-refractivity contribution in [3.8, 4) is 5.75 Å². The Hall–Kier alpha value is -1.77. The lowest BCUT2D eigenvalue weighted by molar-refractivity contribution is -0.121. The molecule has 0 heterocycles. The Labute approximate surface area is 89.4 Å². The molecule has 0 aliphatic heterocycles. The number of amides is 1. The topological polar surface area (TPSA) is 49.3 Å². The summed E-state index contributed by atoms with van der Waals surface area (Å²) < 4.78 is 0. The monoisotopic (exact) mass is 205 g/mol. The molecular formula is C12H15NO2. The smallest absolute Gasteiger partial charge is 0.220 e. The normalized spacial score (nSPS) is 9.60. The number of allylic oxidation sites excluding steroid dienone is 1. The predicted octanol–water partition coefficient (Wildman–Crippen LogP) is 1.97. The molecule has 1 aromatic rings. The van der Waals surface area contributed by atoms with E-state index in [1.807, 2.05) is 6.07 Å². The first-order valence-corrected chi connectivity index (χ1v) is 4.88. The van der Waals surface area contributed by atoms with E-state index in [2.05, 4.69) is 11.9 Å². The predicted molar refractivity (Wildman–Crippen MR) is 59.4 cm³/mol. The number of phenols is 1. The Morgan fingerprint density at radius 1 is 1.47 bits per heavy atom. The van der Waals surface area contributed by atoms with Crippen LogP contribution in [0.1, 0.15) is 18.4 Å². The number of rotatable bonds is 5. The second-order valence-corrected chi connectivity index (χ2v) is 3.23. The van der Waals surface area contributed by atoms with Crippen LogP contribution in [0.5, 0.6) is 5.75 Å². The van der Waals surface area contributed by atoms with E-state index in [1.54, 1.807) is 24.3 Å². The van der Waals surface area contributed by atoms with Gasteiger partial charge in [-0.3, -0.25) is 4.79 Å². The molecule has 0 fully saturated rings. The molecular weight excluding hydrogens is 190 g/mol. The van der Waals surface area contributed by atoms with E-state index < -0.39 is 0 Å². The van der Waals surface area contributed by atoms with Crippen molar-refractivity contribution in [3.05, 3.63) is 42.5 Å². The minimum atomic E-state index is -0.0295. The quantitative estimate of drug-likeness (QED) is 0.722. The van der Waals surface area contributed by atoms with E-state index in [9.17, 15) is 9.90 Å². The van der Waals surface area contributed by atoms with E-state index in [1.165, 1.54) is 0 Å². The Morgan fingerprint density at radius 2 is 2.20 bits per heavy atom. The zero-order valence-electron chi connectivity index (χ0n) is 8.57. The molecule has 0 aliphatic rings. The number of hydrogen-bond acceptors (Lipinski definition) is 2. The first-order chi connectivity index (χ1) is 7.24. The molecule has 1 amide bonds. The van der Waals surface area contributed by atoms with Crippen LogP contribution in [0.15, 0.2) is 36.9 Å². The molecule has 0 unspecified atom stereocenters. The van der Waals surface area contributed by atoms with Crippen LogP contribution in [-0.4, -0.2) is 11.0 Å². The molecule has 3 heteroatoms. The van der Waals surface area contributed by atoms with Crippen molar-refractivity contribution in [3.63, 3.8) is 0 Å². The van der Waals surface area contributed by atoms with Crippen LogP contribution in [0.3, 0.4) is 0 Å². The number of aromatic hydroxyl groups is 1. The van der Waals surface area contributed by atoms with Crippen molar-refractivity contribution >= 4 is 5.91 Å². The van der Waals surface area contributed by atoms with Crippen molar-refractivity contribution in [2.75, 3.05) is 0 Å². The molecule has 3 nitrogen and oxygen atoms in total. The zero-order chi connectivity index (χ0) is 11.1. The highest BCUT2D eigenvalue weighted by Gasteiger charge is 2.02. The molecule has 0 bridgehead atoms. The minimum Gasteiger partial charge on any atom is -0.508 e. The fourth-order valence-corrected chi connectivity index (χ4v) is 1.18. The van der Waals surface area contributed by atoms with Gasteiger partial charge in [-0.1, -0.05) is 24.3 Å². The Kier molecular flexibility index (Phi) is 4.41. The molecule has 15 heavy (non-hydrogen) atoms. The van der Waals surface area contributed by atoms with Gasteiger partial charge in [0, 0.05) is 18.5 Å². The second kappa shape index (κ2) is 5.86. The summed E-state index contributed by atoms with van der Waals surface area (Å²) in [6, 6.07) is 6.96. The molecule has 2 N–H and O–H groups in total. The van der Waals surface area contributed by atoms with Crippen LogP contribution in [-0.2, 0) is 11.3 Å². The highest BCUT2D eigenvalue weighted by molar-refractivity contribution is 5.76. The maximum absolute atomic E-state index is 11.2. The number of para-hydroxylation sites is 1. The average molecular weight is 205 g/mol. The van der Waals surface area contributed by atoms with Gasteiger partial charge < -0.3 is 10.4 Å². The van der Waals surface area contributed by atoms with Crippen molar-refractivity contribution < 1.29 is 9.90 Å². The molecule has 0 spiro atoms. The van der Waals surface area contributed by atoms with E-state index in [0.717, 1.165) is 5.56 Å². The summed E-state index contributed by atoms with van der Waals surface area (Å²) in [5.41, 5.74) is 0.726. The average Bonchev–Trinajstić information content (AvgIpc) is 2.25. The first-order valence-electron chi connectivity index (χ1n) is 4.88. The van der Waals surface area contributed by atoms with E-state index in [0.29, 0.717) is 19.4 Å². The van der Waals surface area contributed by atoms with Crippen LogP contribution >= 0.6 is 0 Å². The second-order valence-electron chi connectivity index (χ2n) is 3.23. The fraction of sp³-hybridized carbons (Fsp3) is 0.250. The van der Waals surface area contributed by atoms with Gasteiger partial charge in [-0.2, -0.15) is 0 Å². The van der Waals surface area contributed by atoms with Gasteiger partial charge in [-0.05, 0) is 12.5 Å². The molecule has 0 saturated carbocycles. The van der Waals surface area contributed by atoms with E-state index in [4.69, 9.17) is 0 Å². The number of hydrogen-bond donors (Lipinski definition) is 2.